The highest BCUT2D eigenvalue weighted by molar-refractivity contribution is 7.92. The number of rotatable bonds is 9. The van der Waals surface area contributed by atoms with E-state index < -0.39 is 15.9 Å². The van der Waals surface area contributed by atoms with Crippen molar-refractivity contribution >= 4 is 32.4 Å². The Labute approximate surface area is 206 Å². The maximum absolute atomic E-state index is 13.5. The van der Waals surface area contributed by atoms with Crippen LogP contribution in [0.1, 0.15) is 11.1 Å². The third-order valence-electron chi connectivity index (χ3n) is 5.67. The van der Waals surface area contributed by atoms with Gasteiger partial charge >= 0.3 is 0 Å². The second kappa shape index (κ2) is 10.6. The zero-order valence-electron chi connectivity index (χ0n) is 19.8. The molecule has 0 saturated carbocycles. The van der Waals surface area contributed by atoms with Crippen LogP contribution in [-0.2, 0) is 14.8 Å². The van der Waals surface area contributed by atoms with Gasteiger partial charge in [0, 0.05) is 5.39 Å². The highest BCUT2D eigenvalue weighted by Gasteiger charge is 2.28. The summed E-state index contributed by atoms with van der Waals surface area (Å²) in [4.78, 5) is 13.0. The van der Waals surface area contributed by atoms with Gasteiger partial charge in [-0.15, -0.1) is 0 Å². The second-order valence-electron chi connectivity index (χ2n) is 8.29. The minimum absolute atomic E-state index is 0.132. The molecule has 180 valence electrons. The lowest BCUT2D eigenvalue weighted by Crippen LogP contribution is -2.42. The molecule has 7 heteroatoms. The standard InChI is InChI=1S/C28H28N2O4S/c1-21-15-16-26(22(2)19-21)30(35(32,33)24-11-4-3-5-12-24)20-28(31)29-17-18-34-27-14-8-10-23-9-6-7-13-25(23)27/h3-16,19H,17-18,20H2,1-2H3,(H,29,31). The Bertz CT molecular complexity index is 1430. The lowest BCUT2D eigenvalue weighted by molar-refractivity contribution is -0.119. The normalized spacial score (nSPS) is 11.3. The Morgan fingerprint density at radius 1 is 0.886 bits per heavy atom. The third-order valence-corrected chi connectivity index (χ3v) is 7.44. The van der Waals surface area contributed by atoms with E-state index >= 15 is 0 Å². The summed E-state index contributed by atoms with van der Waals surface area (Å²) in [7, 11) is -3.94. The molecule has 0 unspecified atom stereocenters. The Morgan fingerprint density at radius 3 is 2.37 bits per heavy atom. The summed E-state index contributed by atoms with van der Waals surface area (Å²) in [6.45, 7) is 3.94. The van der Waals surface area contributed by atoms with Crippen molar-refractivity contribution in [2.75, 3.05) is 24.0 Å². The van der Waals surface area contributed by atoms with E-state index in [1.165, 1.54) is 12.1 Å². The number of nitrogens with one attached hydrogen (secondary N) is 1. The number of sulfonamides is 1. The molecule has 0 saturated heterocycles. The van der Waals surface area contributed by atoms with E-state index in [1.807, 2.05) is 68.4 Å². The number of amides is 1. The van der Waals surface area contributed by atoms with Gasteiger partial charge in [-0.3, -0.25) is 9.10 Å². The van der Waals surface area contributed by atoms with Crippen LogP contribution in [0.5, 0.6) is 5.75 Å². The summed E-state index contributed by atoms with van der Waals surface area (Å²) in [5.41, 5.74) is 2.26. The number of carbonyl (C=O) groups is 1. The van der Waals surface area contributed by atoms with Crippen LogP contribution in [0.3, 0.4) is 0 Å². The molecule has 0 fully saturated rings. The molecule has 1 N–H and O–H groups in total. The van der Waals surface area contributed by atoms with E-state index in [9.17, 15) is 13.2 Å². The van der Waals surface area contributed by atoms with Crippen molar-refractivity contribution in [3.63, 3.8) is 0 Å². The molecule has 0 atom stereocenters. The lowest BCUT2D eigenvalue weighted by Gasteiger charge is -2.26. The van der Waals surface area contributed by atoms with E-state index in [0.29, 0.717) is 5.69 Å². The number of fused-ring (bicyclic) bond motifs is 1. The van der Waals surface area contributed by atoms with Crippen molar-refractivity contribution in [1.82, 2.24) is 5.32 Å². The smallest absolute Gasteiger partial charge is 0.264 e. The van der Waals surface area contributed by atoms with Gasteiger partial charge in [-0.05, 0) is 49.1 Å². The maximum atomic E-state index is 13.5. The summed E-state index contributed by atoms with van der Waals surface area (Å²) in [5, 5.41) is 4.86. The van der Waals surface area contributed by atoms with Gasteiger partial charge in [0.15, 0.2) is 0 Å². The molecule has 4 rings (SSSR count). The molecule has 0 aliphatic heterocycles. The van der Waals surface area contributed by atoms with Crippen molar-refractivity contribution in [3.05, 3.63) is 102 Å². The zero-order valence-corrected chi connectivity index (χ0v) is 20.6. The van der Waals surface area contributed by atoms with Crippen molar-refractivity contribution in [2.45, 2.75) is 18.7 Å². The number of carbonyl (C=O) groups excluding carboxylic acids is 1. The number of aryl methyl sites for hydroxylation is 2. The molecule has 0 aromatic heterocycles. The Balaban J connectivity index is 1.46. The Hall–Kier alpha value is -3.84. The van der Waals surface area contributed by atoms with Crippen LogP contribution in [0.15, 0.2) is 95.9 Å². The predicted molar refractivity (Wildman–Crippen MR) is 139 cm³/mol. The minimum Gasteiger partial charge on any atom is -0.491 e. The molecule has 0 radical (unpaired) electrons. The monoisotopic (exact) mass is 488 g/mol. The molecule has 0 aliphatic carbocycles. The highest BCUT2D eigenvalue weighted by atomic mass is 32.2. The van der Waals surface area contributed by atoms with Crippen LogP contribution in [0, 0.1) is 13.8 Å². The van der Waals surface area contributed by atoms with E-state index in [0.717, 1.165) is 32.0 Å². The van der Waals surface area contributed by atoms with Gasteiger partial charge in [-0.1, -0.05) is 72.3 Å². The maximum Gasteiger partial charge on any atom is 0.264 e. The predicted octanol–water partition coefficient (Wildman–Crippen LogP) is 4.85. The SMILES string of the molecule is Cc1ccc(N(CC(=O)NCCOc2cccc3ccccc23)S(=O)(=O)c2ccccc2)c(C)c1. The summed E-state index contributed by atoms with van der Waals surface area (Å²) in [5.74, 6) is 0.326. The van der Waals surface area contributed by atoms with E-state index in [4.69, 9.17) is 4.74 Å². The number of anilines is 1. The van der Waals surface area contributed by atoms with Gasteiger partial charge in [0.05, 0.1) is 17.1 Å². The highest BCUT2D eigenvalue weighted by Crippen LogP contribution is 2.28. The van der Waals surface area contributed by atoms with E-state index in [1.54, 1.807) is 24.3 Å². The fraction of sp³-hybridized carbons (Fsp3) is 0.179. The Morgan fingerprint density at radius 2 is 1.60 bits per heavy atom. The van der Waals surface area contributed by atoms with Gasteiger partial charge in [-0.2, -0.15) is 0 Å². The van der Waals surface area contributed by atoms with E-state index in [-0.39, 0.29) is 24.6 Å². The molecule has 1 amide bonds. The van der Waals surface area contributed by atoms with Crippen LogP contribution < -0.4 is 14.4 Å². The number of ether oxygens (including phenoxy) is 1. The van der Waals surface area contributed by atoms with Crippen molar-refractivity contribution in [1.29, 1.82) is 0 Å². The minimum atomic E-state index is -3.94. The third kappa shape index (κ3) is 5.63. The first-order valence-corrected chi connectivity index (χ1v) is 12.8. The molecule has 6 nitrogen and oxygen atoms in total. The van der Waals surface area contributed by atoms with Crippen LogP contribution in [-0.4, -0.2) is 34.0 Å². The summed E-state index contributed by atoms with van der Waals surface area (Å²) < 4.78 is 34.0. The fourth-order valence-electron chi connectivity index (χ4n) is 3.96. The first-order valence-electron chi connectivity index (χ1n) is 11.4. The zero-order chi connectivity index (χ0) is 24.8. The first-order chi connectivity index (χ1) is 16.9. The quantitative estimate of drug-likeness (QED) is 0.342. The van der Waals surface area contributed by atoms with Gasteiger partial charge < -0.3 is 10.1 Å². The topological polar surface area (TPSA) is 75.7 Å². The van der Waals surface area contributed by atoms with Crippen molar-refractivity contribution in [3.8, 4) is 5.75 Å². The van der Waals surface area contributed by atoms with E-state index in [2.05, 4.69) is 5.32 Å². The van der Waals surface area contributed by atoms with Crippen molar-refractivity contribution < 1.29 is 17.9 Å². The summed E-state index contributed by atoms with van der Waals surface area (Å²) in [6, 6.07) is 27.4. The number of nitrogens with zero attached hydrogens (tertiary/aromatic N) is 1. The van der Waals surface area contributed by atoms with Gasteiger partial charge in [0.2, 0.25) is 5.91 Å². The lowest BCUT2D eigenvalue weighted by atomic mass is 10.1. The van der Waals surface area contributed by atoms with Gasteiger partial charge in [-0.25, -0.2) is 8.42 Å². The van der Waals surface area contributed by atoms with Crippen molar-refractivity contribution in [2.24, 2.45) is 0 Å². The fourth-order valence-corrected chi connectivity index (χ4v) is 5.47. The Kier molecular flexibility index (Phi) is 7.36. The van der Waals surface area contributed by atoms with Gasteiger partial charge in [0.25, 0.3) is 10.0 Å². The van der Waals surface area contributed by atoms with Crippen LogP contribution in [0.25, 0.3) is 10.8 Å². The molecular formula is C28H28N2O4S. The van der Waals surface area contributed by atoms with Crippen LogP contribution in [0.4, 0.5) is 5.69 Å². The van der Waals surface area contributed by atoms with Crippen LogP contribution >= 0.6 is 0 Å². The second-order valence-corrected chi connectivity index (χ2v) is 10.2. The number of benzene rings is 4. The molecule has 0 heterocycles. The average Bonchev–Trinajstić information content (AvgIpc) is 2.86. The molecule has 0 bridgehead atoms. The molecular weight excluding hydrogens is 460 g/mol. The molecule has 4 aromatic rings. The number of hydrogen-bond acceptors (Lipinski definition) is 4. The number of hydrogen-bond donors (Lipinski definition) is 1. The first kappa shape index (κ1) is 24.3. The largest absolute Gasteiger partial charge is 0.491 e. The molecule has 35 heavy (non-hydrogen) atoms. The molecule has 0 aliphatic rings. The summed E-state index contributed by atoms with van der Waals surface area (Å²) >= 11 is 0. The average molecular weight is 489 g/mol. The van der Waals surface area contributed by atoms with Gasteiger partial charge in [0.1, 0.15) is 18.9 Å². The summed E-state index contributed by atoms with van der Waals surface area (Å²) in [6.07, 6.45) is 0. The molecule has 4 aromatic carbocycles. The van der Waals surface area contributed by atoms with Crippen LogP contribution in [0.2, 0.25) is 0 Å². The molecule has 0 spiro atoms.